The topological polar surface area (TPSA) is 77.2 Å². The number of aryl methyl sites for hydroxylation is 2. The van der Waals surface area contributed by atoms with Gasteiger partial charge in [-0.05, 0) is 49.6 Å². The van der Waals surface area contributed by atoms with Gasteiger partial charge in [0.05, 0.1) is 5.69 Å². The lowest BCUT2D eigenvalue weighted by atomic mass is 9.96. The van der Waals surface area contributed by atoms with Gasteiger partial charge in [-0.2, -0.15) is 0 Å². The van der Waals surface area contributed by atoms with E-state index in [-0.39, 0.29) is 12.5 Å². The van der Waals surface area contributed by atoms with Gasteiger partial charge in [-0.15, -0.1) is 11.3 Å². The molecule has 146 valence electrons. The number of fused-ring (bicyclic) bond motifs is 3. The van der Waals surface area contributed by atoms with Crippen LogP contribution in [0, 0.1) is 0 Å². The monoisotopic (exact) mass is 405 g/mol. The highest BCUT2D eigenvalue weighted by Crippen LogP contribution is 2.34. The molecular formula is C22H19N3O3S. The summed E-state index contributed by atoms with van der Waals surface area (Å²) in [4.78, 5) is 21.0. The SMILES string of the molecule is O=C(COc1ccc2oc3c(c2c1)CCCC3)Nc1nc(-c2ccccn2)cs1. The van der Waals surface area contributed by atoms with Crippen molar-refractivity contribution in [2.24, 2.45) is 0 Å². The van der Waals surface area contributed by atoms with Crippen molar-refractivity contribution in [3.63, 3.8) is 0 Å². The third-order valence-corrected chi connectivity index (χ3v) is 5.73. The highest BCUT2D eigenvalue weighted by Gasteiger charge is 2.18. The molecule has 3 aromatic heterocycles. The van der Waals surface area contributed by atoms with Crippen molar-refractivity contribution < 1.29 is 13.9 Å². The third kappa shape index (κ3) is 3.73. The zero-order valence-corrected chi connectivity index (χ0v) is 16.5. The molecule has 1 aliphatic rings. The average Bonchev–Trinajstić information content (AvgIpc) is 3.37. The molecule has 3 heterocycles. The lowest BCUT2D eigenvalue weighted by Crippen LogP contribution is -2.20. The van der Waals surface area contributed by atoms with Crippen LogP contribution < -0.4 is 10.1 Å². The molecule has 0 saturated carbocycles. The number of pyridine rings is 1. The highest BCUT2D eigenvalue weighted by molar-refractivity contribution is 7.14. The van der Waals surface area contributed by atoms with Crippen LogP contribution >= 0.6 is 11.3 Å². The van der Waals surface area contributed by atoms with Crippen molar-refractivity contribution in [3.05, 3.63) is 59.3 Å². The van der Waals surface area contributed by atoms with E-state index in [0.29, 0.717) is 10.9 Å². The number of nitrogens with one attached hydrogen (secondary N) is 1. The van der Waals surface area contributed by atoms with Crippen molar-refractivity contribution in [3.8, 4) is 17.1 Å². The molecule has 4 aromatic rings. The number of amides is 1. The standard InChI is InChI=1S/C22H19N3O3S/c26-21(25-22-24-18(13-29-22)17-6-3-4-10-23-17)12-27-14-8-9-20-16(11-14)15-5-1-2-7-19(15)28-20/h3-4,6,8-11,13H,1-2,5,7,12H2,(H,24,25,26). The van der Waals surface area contributed by atoms with Gasteiger partial charge in [-0.1, -0.05) is 6.07 Å². The largest absolute Gasteiger partial charge is 0.484 e. The van der Waals surface area contributed by atoms with E-state index < -0.39 is 0 Å². The maximum absolute atomic E-state index is 12.3. The zero-order valence-electron chi connectivity index (χ0n) is 15.7. The zero-order chi connectivity index (χ0) is 19.6. The van der Waals surface area contributed by atoms with Gasteiger partial charge in [0.15, 0.2) is 11.7 Å². The first-order valence-corrected chi connectivity index (χ1v) is 10.5. The first kappa shape index (κ1) is 17.9. The summed E-state index contributed by atoms with van der Waals surface area (Å²) in [7, 11) is 0. The number of anilines is 1. The fourth-order valence-electron chi connectivity index (χ4n) is 3.60. The Labute approximate surface area is 171 Å². The first-order chi connectivity index (χ1) is 14.3. The summed E-state index contributed by atoms with van der Waals surface area (Å²) in [6.07, 6.45) is 6.11. The van der Waals surface area contributed by atoms with Gasteiger partial charge in [-0.25, -0.2) is 4.98 Å². The average molecular weight is 405 g/mol. The molecule has 0 saturated heterocycles. The van der Waals surface area contributed by atoms with Gasteiger partial charge in [0.1, 0.15) is 22.8 Å². The second-order valence-electron chi connectivity index (χ2n) is 6.96. The van der Waals surface area contributed by atoms with Gasteiger partial charge in [0, 0.05) is 28.9 Å². The maximum Gasteiger partial charge on any atom is 0.264 e. The van der Waals surface area contributed by atoms with Crippen molar-refractivity contribution in [1.29, 1.82) is 0 Å². The van der Waals surface area contributed by atoms with Crippen molar-refractivity contribution >= 4 is 33.3 Å². The minimum Gasteiger partial charge on any atom is -0.484 e. The molecule has 1 N–H and O–H groups in total. The van der Waals surface area contributed by atoms with Gasteiger partial charge >= 0.3 is 0 Å². The van der Waals surface area contributed by atoms with Crippen LogP contribution in [0.4, 0.5) is 5.13 Å². The Morgan fingerprint density at radius 3 is 3.00 bits per heavy atom. The molecule has 5 rings (SSSR count). The minimum atomic E-state index is -0.249. The van der Waals surface area contributed by atoms with E-state index in [9.17, 15) is 4.79 Å². The number of thiazole rings is 1. The van der Waals surface area contributed by atoms with E-state index >= 15 is 0 Å². The van der Waals surface area contributed by atoms with Crippen molar-refractivity contribution in [2.75, 3.05) is 11.9 Å². The van der Waals surface area contributed by atoms with E-state index in [1.54, 1.807) is 6.20 Å². The van der Waals surface area contributed by atoms with E-state index in [1.165, 1.54) is 29.7 Å². The molecule has 6 nitrogen and oxygen atoms in total. The Balaban J connectivity index is 1.23. The van der Waals surface area contributed by atoms with Crippen LogP contribution in [-0.2, 0) is 17.6 Å². The number of aromatic nitrogens is 2. The fourth-order valence-corrected chi connectivity index (χ4v) is 4.32. The summed E-state index contributed by atoms with van der Waals surface area (Å²) in [6.45, 7) is -0.0793. The molecule has 7 heteroatoms. The molecule has 0 bridgehead atoms. The molecule has 29 heavy (non-hydrogen) atoms. The predicted octanol–water partition coefficient (Wildman–Crippen LogP) is 4.85. The molecular weight excluding hydrogens is 386 g/mol. The molecule has 1 amide bonds. The summed E-state index contributed by atoms with van der Waals surface area (Å²) in [6, 6.07) is 11.4. The number of benzene rings is 1. The Bertz CT molecular complexity index is 1170. The van der Waals surface area contributed by atoms with E-state index in [0.717, 1.165) is 41.0 Å². The molecule has 0 fully saturated rings. The number of rotatable bonds is 5. The molecule has 0 unspecified atom stereocenters. The Hall–Kier alpha value is -3.19. The first-order valence-electron chi connectivity index (χ1n) is 9.60. The Morgan fingerprint density at radius 1 is 1.17 bits per heavy atom. The third-order valence-electron chi connectivity index (χ3n) is 4.97. The van der Waals surface area contributed by atoms with Gasteiger partial charge in [0.2, 0.25) is 0 Å². The van der Waals surface area contributed by atoms with Crippen LogP contribution in [0.15, 0.2) is 52.4 Å². The van der Waals surface area contributed by atoms with Crippen LogP contribution in [-0.4, -0.2) is 22.5 Å². The number of nitrogens with zero attached hydrogens (tertiary/aromatic N) is 2. The number of hydrogen-bond donors (Lipinski definition) is 1. The number of furan rings is 1. The Kier molecular flexibility index (Phi) is 4.73. The second kappa shape index (κ2) is 7.67. The van der Waals surface area contributed by atoms with Crippen molar-refractivity contribution in [1.82, 2.24) is 9.97 Å². The van der Waals surface area contributed by atoms with Crippen LogP contribution in [0.2, 0.25) is 0 Å². The minimum absolute atomic E-state index is 0.0793. The summed E-state index contributed by atoms with van der Waals surface area (Å²) >= 11 is 1.36. The lowest BCUT2D eigenvalue weighted by molar-refractivity contribution is -0.118. The lowest BCUT2D eigenvalue weighted by Gasteiger charge is -2.09. The molecule has 0 aliphatic heterocycles. The van der Waals surface area contributed by atoms with Gasteiger partial charge in [0.25, 0.3) is 5.91 Å². The summed E-state index contributed by atoms with van der Waals surface area (Å²) in [5, 5.41) is 6.27. The predicted molar refractivity (Wildman–Crippen MR) is 112 cm³/mol. The highest BCUT2D eigenvalue weighted by atomic mass is 32.1. The normalized spacial score (nSPS) is 13.2. The van der Waals surface area contributed by atoms with E-state index in [2.05, 4.69) is 15.3 Å². The second-order valence-corrected chi connectivity index (χ2v) is 7.82. The summed E-state index contributed by atoms with van der Waals surface area (Å²) < 4.78 is 11.7. The van der Waals surface area contributed by atoms with E-state index in [4.69, 9.17) is 9.15 Å². The quantitative estimate of drug-likeness (QED) is 0.514. The molecule has 0 radical (unpaired) electrons. The number of ether oxygens (including phenoxy) is 1. The van der Waals surface area contributed by atoms with Gasteiger partial charge < -0.3 is 9.15 Å². The summed E-state index contributed by atoms with van der Waals surface area (Å²) in [5.74, 6) is 1.50. The van der Waals surface area contributed by atoms with Crippen LogP contribution in [0.1, 0.15) is 24.2 Å². The number of hydrogen-bond acceptors (Lipinski definition) is 6. The van der Waals surface area contributed by atoms with Crippen molar-refractivity contribution in [2.45, 2.75) is 25.7 Å². The fraction of sp³-hybridized carbons (Fsp3) is 0.227. The van der Waals surface area contributed by atoms with Gasteiger partial charge in [-0.3, -0.25) is 15.1 Å². The smallest absolute Gasteiger partial charge is 0.264 e. The number of carbonyl (C=O) groups is 1. The molecule has 1 aliphatic carbocycles. The van der Waals surface area contributed by atoms with Crippen LogP contribution in [0.5, 0.6) is 5.75 Å². The number of carbonyl (C=O) groups excluding carboxylic acids is 1. The maximum atomic E-state index is 12.3. The van der Waals surface area contributed by atoms with Crippen LogP contribution in [0.25, 0.3) is 22.4 Å². The molecule has 1 aromatic carbocycles. The molecule has 0 spiro atoms. The molecule has 0 atom stereocenters. The van der Waals surface area contributed by atoms with E-state index in [1.807, 2.05) is 41.8 Å². The summed E-state index contributed by atoms with van der Waals surface area (Å²) in [5.41, 5.74) is 3.68. The van der Waals surface area contributed by atoms with Crippen LogP contribution in [0.3, 0.4) is 0 Å². The Morgan fingerprint density at radius 2 is 2.10 bits per heavy atom.